The average Bonchev–Trinajstić information content (AvgIpc) is 3.33. The Hall–Kier alpha value is -2.90. The van der Waals surface area contributed by atoms with Crippen molar-refractivity contribution in [2.24, 2.45) is 0 Å². The predicted octanol–water partition coefficient (Wildman–Crippen LogP) is 4.22. The average molecular weight is 421 g/mol. The lowest BCUT2D eigenvalue weighted by Gasteiger charge is -2.35. The van der Waals surface area contributed by atoms with Crippen LogP contribution in [0, 0.1) is 0 Å². The van der Waals surface area contributed by atoms with Crippen LogP contribution in [0.4, 0.5) is 0 Å². The second-order valence-electron chi connectivity index (χ2n) is 7.53. The molecule has 0 fully saturated rings. The highest BCUT2D eigenvalue weighted by molar-refractivity contribution is 7.17. The van der Waals surface area contributed by atoms with Crippen LogP contribution in [0.5, 0.6) is 11.6 Å². The van der Waals surface area contributed by atoms with Gasteiger partial charge >= 0.3 is 0 Å². The van der Waals surface area contributed by atoms with E-state index in [4.69, 9.17) is 4.74 Å². The summed E-state index contributed by atoms with van der Waals surface area (Å²) in [6.07, 6.45) is 1.73. The third-order valence-electron chi connectivity index (χ3n) is 5.74. The van der Waals surface area contributed by atoms with E-state index in [1.807, 2.05) is 19.1 Å². The van der Waals surface area contributed by atoms with Crippen molar-refractivity contribution in [3.8, 4) is 11.6 Å². The summed E-state index contributed by atoms with van der Waals surface area (Å²) in [7, 11) is 1.68. The largest absolute Gasteiger partial charge is 0.497 e. The number of aryl methyl sites for hydroxylation is 1. The molecule has 2 aromatic carbocycles. The molecule has 7 heteroatoms. The van der Waals surface area contributed by atoms with Crippen molar-refractivity contribution in [3.05, 3.63) is 75.9 Å². The number of fused-ring (bicyclic) bond motifs is 2. The molecule has 0 saturated heterocycles. The first-order valence-electron chi connectivity index (χ1n) is 10.2. The number of aromatic hydroxyl groups is 1. The minimum Gasteiger partial charge on any atom is -0.497 e. The summed E-state index contributed by atoms with van der Waals surface area (Å²) >= 11 is 1.51. The summed E-state index contributed by atoms with van der Waals surface area (Å²) in [4.78, 5) is 8.58. The molecule has 1 aliphatic heterocycles. The molecule has 30 heavy (non-hydrogen) atoms. The van der Waals surface area contributed by atoms with Crippen LogP contribution in [0.1, 0.15) is 40.4 Å². The van der Waals surface area contributed by atoms with Crippen LogP contribution in [-0.4, -0.2) is 38.3 Å². The Balaban J connectivity index is 1.62. The highest BCUT2D eigenvalue weighted by Crippen LogP contribution is 2.42. The maximum absolute atomic E-state index is 11.1. The minimum absolute atomic E-state index is 0.105. The van der Waals surface area contributed by atoms with Crippen molar-refractivity contribution in [1.82, 2.24) is 19.5 Å². The fourth-order valence-corrected chi connectivity index (χ4v) is 5.33. The second kappa shape index (κ2) is 7.74. The molecule has 1 unspecified atom stereocenters. The van der Waals surface area contributed by atoms with Crippen LogP contribution in [0.25, 0.3) is 4.96 Å². The molecule has 2 aromatic heterocycles. The Morgan fingerprint density at radius 1 is 1.17 bits per heavy atom. The first-order chi connectivity index (χ1) is 14.7. The molecule has 4 aromatic rings. The van der Waals surface area contributed by atoms with Gasteiger partial charge in [0.05, 0.1) is 18.0 Å². The molecule has 0 amide bonds. The van der Waals surface area contributed by atoms with Crippen molar-refractivity contribution in [2.75, 3.05) is 13.7 Å². The highest BCUT2D eigenvalue weighted by atomic mass is 32.1. The van der Waals surface area contributed by atoms with E-state index in [9.17, 15) is 5.11 Å². The van der Waals surface area contributed by atoms with Crippen molar-refractivity contribution in [2.45, 2.75) is 32.4 Å². The number of methoxy groups -OCH3 is 1. The number of hydrogen-bond acceptors (Lipinski definition) is 6. The first kappa shape index (κ1) is 19.1. The summed E-state index contributed by atoms with van der Waals surface area (Å²) in [5.41, 5.74) is 3.82. The second-order valence-corrected chi connectivity index (χ2v) is 8.54. The van der Waals surface area contributed by atoms with Gasteiger partial charge in [0.1, 0.15) is 5.75 Å². The third-order valence-corrected chi connectivity index (χ3v) is 6.82. The Morgan fingerprint density at radius 3 is 2.77 bits per heavy atom. The lowest BCUT2D eigenvalue weighted by atomic mass is 9.95. The molecular weight excluding hydrogens is 396 g/mol. The quantitative estimate of drug-likeness (QED) is 0.524. The molecule has 0 aliphatic carbocycles. The van der Waals surface area contributed by atoms with Crippen LogP contribution < -0.4 is 4.74 Å². The zero-order valence-electron chi connectivity index (χ0n) is 17.1. The van der Waals surface area contributed by atoms with Gasteiger partial charge in [-0.1, -0.05) is 54.7 Å². The molecule has 6 nitrogen and oxygen atoms in total. The number of nitrogens with zero attached hydrogens (tertiary/aromatic N) is 4. The lowest BCUT2D eigenvalue weighted by Crippen LogP contribution is -2.34. The lowest BCUT2D eigenvalue weighted by molar-refractivity contribution is 0.205. The SMILES string of the molecule is CCc1nc2sc(C(c3cccc(OC)c3)N3CCc4ccccc4C3)c(O)n2n1. The van der Waals surface area contributed by atoms with E-state index in [1.54, 1.807) is 11.6 Å². The molecule has 1 atom stereocenters. The van der Waals surface area contributed by atoms with Gasteiger partial charge in [-0.05, 0) is 35.2 Å². The number of ether oxygens (including phenoxy) is 1. The molecular formula is C23H24N4O2S. The van der Waals surface area contributed by atoms with Gasteiger partial charge in [0.25, 0.3) is 0 Å². The summed E-state index contributed by atoms with van der Waals surface area (Å²) < 4.78 is 7.05. The van der Waals surface area contributed by atoms with E-state index in [1.165, 1.54) is 22.5 Å². The molecule has 0 radical (unpaired) electrons. The zero-order valence-corrected chi connectivity index (χ0v) is 17.9. The van der Waals surface area contributed by atoms with Gasteiger partial charge in [0, 0.05) is 19.5 Å². The number of aromatic nitrogens is 3. The summed E-state index contributed by atoms with van der Waals surface area (Å²) in [5.74, 6) is 1.73. The Bertz CT molecular complexity index is 1200. The molecule has 1 aliphatic rings. The van der Waals surface area contributed by atoms with E-state index in [0.717, 1.165) is 52.9 Å². The zero-order chi connectivity index (χ0) is 20.7. The highest BCUT2D eigenvalue weighted by Gasteiger charge is 2.31. The monoisotopic (exact) mass is 420 g/mol. The fourth-order valence-electron chi connectivity index (χ4n) is 4.20. The molecule has 1 N–H and O–H groups in total. The van der Waals surface area contributed by atoms with Crippen LogP contribution >= 0.6 is 11.3 Å². The summed E-state index contributed by atoms with van der Waals surface area (Å²) in [5, 5.41) is 15.6. The summed E-state index contributed by atoms with van der Waals surface area (Å²) in [6.45, 7) is 3.75. The number of thiazole rings is 1. The summed E-state index contributed by atoms with van der Waals surface area (Å²) in [6, 6.07) is 16.6. The first-order valence-corrected chi connectivity index (χ1v) is 11.0. The molecule has 0 spiro atoms. The third kappa shape index (κ3) is 3.24. The van der Waals surface area contributed by atoms with Gasteiger partial charge in [-0.3, -0.25) is 4.90 Å². The normalized spacial score (nSPS) is 15.3. The van der Waals surface area contributed by atoms with Gasteiger partial charge in [-0.25, -0.2) is 4.98 Å². The molecule has 0 saturated carbocycles. The predicted molar refractivity (Wildman–Crippen MR) is 117 cm³/mol. The van der Waals surface area contributed by atoms with E-state index in [2.05, 4.69) is 51.4 Å². The van der Waals surface area contributed by atoms with Crippen molar-refractivity contribution >= 4 is 16.3 Å². The Kier molecular flexibility index (Phi) is 4.92. The van der Waals surface area contributed by atoms with Crippen molar-refractivity contribution in [1.29, 1.82) is 0 Å². The number of benzene rings is 2. The standard InChI is InChI=1S/C23H24N4O2S/c1-3-19-24-23-27(25-19)22(28)21(30-23)20(16-9-6-10-18(13-16)29-2)26-12-11-15-7-4-5-8-17(15)14-26/h4-10,13,20,28H,3,11-12,14H2,1-2H3. The van der Waals surface area contributed by atoms with Crippen LogP contribution in [0.15, 0.2) is 48.5 Å². The topological polar surface area (TPSA) is 62.9 Å². The van der Waals surface area contributed by atoms with E-state index in [0.29, 0.717) is 0 Å². The van der Waals surface area contributed by atoms with Crippen LogP contribution in [0.3, 0.4) is 0 Å². The van der Waals surface area contributed by atoms with Gasteiger partial charge in [-0.15, -0.1) is 5.10 Å². The maximum Gasteiger partial charge on any atom is 0.230 e. The molecule has 154 valence electrons. The van der Waals surface area contributed by atoms with E-state index in [-0.39, 0.29) is 11.9 Å². The Morgan fingerprint density at radius 2 is 2.00 bits per heavy atom. The number of rotatable bonds is 5. The van der Waals surface area contributed by atoms with E-state index < -0.39 is 0 Å². The van der Waals surface area contributed by atoms with Crippen molar-refractivity contribution < 1.29 is 9.84 Å². The van der Waals surface area contributed by atoms with Gasteiger partial charge in [-0.2, -0.15) is 4.52 Å². The van der Waals surface area contributed by atoms with Crippen LogP contribution in [-0.2, 0) is 19.4 Å². The van der Waals surface area contributed by atoms with Gasteiger partial charge < -0.3 is 9.84 Å². The smallest absolute Gasteiger partial charge is 0.230 e. The van der Waals surface area contributed by atoms with E-state index >= 15 is 0 Å². The fraction of sp³-hybridized carbons (Fsp3) is 0.304. The van der Waals surface area contributed by atoms with Gasteiger partial charge in [0.15, 0.2) is 5.82 Å². The minimum atomic E-state index is -0.105. The van der Waals surface area contributed by atoms with Gasteiger partial charge in [0.2, 0.25) is 10.8 Å². The molecule has 5 rings (SSSR count). The number of hydrogen-bond donors (Lipinski definition) is 1. The van der Waals surface area contributed by atoms with Crippen molar-refractivity contribution in [3.63, 3.8) is 0 Å². The van der Waals surface area contributed by atoms with Crippen LogP contribution in [0.2, 0.25) is 0 Å². The maximum atomic E-state index is 11.1. The molecule has 3 heterocycles. The Labute approximate surface area is 179 Å². The molecule has 0 bridgehead atoms.